The van der Waals surface area contributed by atoms with E-state index in [4.69, 9.17) is 4.74 Å². The fraction of sp³-hybridized carbons (Fsp3) is 0.250. The third kappa shape index (κ3) is 2.98. The van der Waals surface area contributed by atoms with Crippen molar-refractivity contribution in [1.82, 2.24) is 15.2 Å². The van der Waals surface area contributed by atoms with Crippen LogP contribution in [-0.4, -0.2) is 27.4 Å². The first-order valence-corrected chi connectivity index (χ1v) is 5.24. The Morgan fingerprint density at radius 3 is 2.76 bits per heavy atom. The van der Waals surface area contributed by atoms with Gasteiger partial charge in [-0.2, -0.15) is 0 Å². The standard InChI is InChI=1S/C12H13N3O2/c1-17-12-5-4-10(14-15-12)11(16)7-9-3-2-6-13-8-9/h2-6,8,11,16H,7H2,1H3. The van der Waals surface area contributed by atoms with Gasteiger partial charge < -0.3 is 9.84 Å². The van der Waals surface area contributed by atoms with Crippen molar-refractivity contribution in [1.29, 1.82) is 0 Å². The van der Waals surface area contributed by atoms with E-state index < -0.39 is 6.10 Å². The molecule has 2 rings (SSSR count). The molecule has 0 radical (unpaired) electrons. The topological polar surface area (TPSA) is 68.1 Å². The van der Waals surface area contributed by atoms with E-state index >= 15 is 0 Å². The smallest absolute Gasteiger partial charge is 0.233 e. The molecule has 0 aliphatic rings. The molecule has 5 heteroatoms. The van der Waals surface area contributed by atoms with E-state index in [1.807, 2.05) is 12.1 Å². The lowest BCUT2D eigenvalue weighted by atomic mass is 10.1. The largest absolute Gasteiger partial charge is 0.480 e. The van der Waals surface area contributed by atoms with Crippen molar-refractivity contribution in [3.05, 3.63) is 47.9 Å². The van der Waals surface area contributed by atoms with Crippen LogP contribution in [0.4, 0.5) is 0 Å². The number of aliphatic hydroxyl groups is 1. The van der Waals surface area contributed by atoms with Gasteiger partial charge in [0, 0.05) is 24.9 Å². The highest BCUT2D eigenvalue weighted by Crippen LogP contribution is 2.16. The molecule has 0 aliphatic heterocycles. The van der Waals surface area contributed by atoms with Crippen LogP contribution in [0, 0.1) is 0 Å². The lowest BCUT2D eigenvalue weighted by molar-refractivity contribution is 0.172. The second-order valence-corrected chi connectivity index (χ2v) is 3.58. The van der Waals surface area contributed by atoms with Crippen molar-refractivity contribution in [3.63, 3.8) is 0 Å². The van der Waals surface area contributed by atoms with Crippen LogP contribution in [0.1, 0.15) is 17.4 Å². The molecule has 88 valence electrons. The van der Waals surface area contributed by atoms with Crippen LogP contribution >= 0.6 is 0 Å². The third-order valence-corrected chi connectivity index (χ3v) is 2.36. The summed E-state index contributed by atoms with van der Waals surface area (Å²) >= 11 is 0. The first-order chi connectivity index (χ1) is 8.29. The normalized spacial score (nSPS) is 12.1. The summed E-state index contributed by atoms with van der Waals surface area (Å²) in [6, 6.07) is 7.12. The molecular weight excluding hydrogens is 218 g/mol. The lowest BCUT2D eigenvalue weighted by Crippen LogP contribution is -2.05. The van der Waals surface area contributed by atoms with Gasteiger partial charge in [0.15, 0.2) is 0 Å². The average Bonchev–Trinajstić information content (AvgIpc) is 2.40. The highest BCUT2D eigenvalue weighted by atomic mass is 16.5. The summed E-state index contributed by atoms with van der Waals surface area (Å²) in [5.74, 6) is 0.433. The van der Waals surface area contributed by atoms with Crippen molar-refractivity contribution in [3.8, 4) is 5.88 Å². The van der Waals surface area contributed by atoms with Crippen LogP contribution in [0.25, 0.3) is 0 Å². The van der Waals surface area contributed by atoms with E-state index in [0.717, 1.165) is 5.56 Å². The Kier molecular flexibility index (Phi) is 3.62. The van der Waals surface area contributed by atoms with Crippen molar-refractivity contribution < 1.29 is 9.84 Å². The minimum atomic E-state index is -0.683. The Labute approximate surface area is 99.1 Å². The predicted octanol–water partition coefficient (Wildman–Crippen LogP) is 1.16. The summed E-state index contributed by atoms with van der Waals surface area (Å²) < 4.78 is 4.90. The molecule has 0 saturated heterocycles. The van der Waals surface area contributed by atoms with Gasteiger partial charge in [-0.25, -0.2) is 0 Å². The van der Waals surface area contributed by atoms with Crippen molar-refractivity contribution in [2.45, 2.75) is 12.5 Å². The van der Waals surface area contributed by atoms with E-state index in [0.29, 0.717) is 18.0 Å². The zero-order valence-electron chi connectivity index (χ0n) is 9.45. The number of methoxy groups -OCH3 is 1. The highest BCUT2D eigenvalue weighted by Gasteiger charge is 2.10. The van der Waals surface area contributed by atoms with Crippen molar-refractivity contribution >= 4 is 0 Å². The number of nitrogens with zero attached hydrogens (tertiary/aromatic N) is 3. The number of aliphatic hydroxyl groups excluding tert-OH is 1. The Bertz CT molecular complexity index is 459. The summed E-state index contributed by atoms with van der Waals surface area (Å²) in [7, 11) is 1.52. The molecule has 0 fully saturated rings. The van der Waals surface area contributed by atoms with Crippen LogP contribution in [0.3, 0.4) is 0 Å². The Morgan fingerprint density at radius 1 is 1.29 bits per heavy atom. The first-order valence-electron chi connectivity index (χ1n) is 5.24. The second-order valence-electron chi connectivity index (χ2n) is 3.58. The van der Waals surface area contributed by atoms with Crippen molar-refractivity contribution in [2.24, 2.45) is 0 Å². The van der Waals surface area contributed by atoms with Gasteiger partial charge in [0.1, 0.15) is 6.10 Å². The number of ether oxygens (including phenoxy) is 1. The number of rotatable bonds is 4. The molecule has 5 nitrogen and oxygen atoms in total. The molecule has 1 unspecified atom stereocenters. The van der Waals surface area contributed by atoms with E-state index in [1.165, 1.54) is 7.11 Å². The zero-order valence-corrected chi connectivity index (χ0v) is 9.45. The Morgan fingerprint density at radius 2 is 2.18 bits per heavy atom. The fourth-order valence-corrected chi connectivity index (χ4v) is 1.46. The average molecular weight is 231 g/mol. The van der Waals surface area contributed by atoms with Crippen LogP contribution in [-0.2, 0) is 6.42 Å². The molecule has 0 bridgehead atoms. The molecule has 1 N–H and O–H groups in total. The highest BCUT2D eigenvalue weighted by molar-refractivity contribution is 5.16. The van der Waals surface area contributed by atoms with Gasteiger partial charge in [-0.05, 0) is 17.7 Å². The zero-order chi connectivity index (χ0) is 12.1. The minimum absolute atomic E-state index is 0.433. The lowest BCUT2D eigenvalue weighted by Gasteiger charge is -2.09. The van der Waals surface area contributed by atoms with E-state index in [2.05, 4.69) is 15.2 Å². The molecule has 1 atom stereocenters. The summed E-state index contributed by atoms with van der Waals surface area (Å²) in [5, 5.41) is 17.7. The molecule has 0 aliphatic carbocycles. The molecule has 0 spiro atoms. The quantitative estimate of drug-likeness (QED) is 0.855. The molecule has 2 heterocycles. The van der Waals surface area contributed by atoms with Gasteiger partial charge in [0.2, 0.25) is 5.88 Å². The molecule has 2 aromatic heterocycles. The van der Waals surface area contributed by atoms with E-state index in [-0.39, 0.29) is 0 Å². The van der Waals surface area contributed by atoms with Gasteiger partial charge in [-0.3, -0.25) is 4.98 Å². The Balaban J connectivity index is 2.06. The van der Waals surface area contributed by atoms with Crippen LogP contribution in [0.2, 0.25) is 0 Å². The molecule has 0 aromatic carbocycles. The molecule has 2 aromatic rings. The maximum absolute atomic E-state index is 9.97. The van der Waals surface area contributed by atoms with E-state index in [9.17, 15) is 5.11 Å². The summed E-state index contributed by atoms with van der Waals surface area (Å²) in [6.07, 6.45) is 3.20. The molecule has 0 amide bonds. The Hall–Kier alpha value is -2.01. The van der Waals surface area contributed by atoms with Gasteiger partial charge in [0.25, 0.3) is 0 Å². The second kappa shape index (κ2) is 5.36. The predicted molar refractivity (Wildman–Crippen MR) is 61.5 cm³/mol. The third-order valence-electron chi connectivity index (χ3n) is 2.36. The number of hydrogen-bond acceptors (Lipinski definition) is 5. The van der Waals surface area contributed by atoms with Crippen molar-refractivity contribution in [2.75, 3.05) is 7.11 Å². The van der Waals surface area contributed by atoms with Gasteiger partial charge >= 0.3 is 0 Å². The number of aromatic nitrogens is 3. The summed E-state index contributed by atoms with van der Waals surface area (Å²) in [5.41, 5.74) is 1.48. The number of hydrogen-bond donors (Lipinski definition) is 1. The molecular formula is C12H13N3O2. The molecule has 0 saturated carbocycles. The van der Waals surface area contributed by atoms with E-state index in [1.54, 1.807) is 24.5 Å². The van der Waals surface area contributed by atoms with Gasteiger partial charge in [-0.15, -0.1) is 10.2 Å². The van der Waals surface area contributed by atoms with Gasteiger partial charge in [-0.1, -0.05) is 6.07 Å². The monoisotopic (exact) mass is 231 g/mol. The summed E-state index contributed by atoms with van der Waals surface area (Å²) in [4.78, 5) is 3.99. The fourth-order valence-electron chi connectivity index (χ4n) is 1.46. The number of pyridine rings is 1. The van der Waals surface area contributed by atoms with Crippen LogP contribution in [0.5, 0.6) is 5.88 Å². The maximum Gasteiger partial charge on any atom is 0.233 e. The first kappa shape index (κ1) is 11.5. The van der Waals surface area contributed by atoms with Gasteiger partial charge in [0.05, 0.1) is 12.8 Å². The summed E-state index contributed by atoms with van der Waals surface area (Å²) in [6.45, 7) is 0. The van der Waals surface area contributed by atoms with Crippen LogP contribution in [0.15, 0.2) is 36.7 Å². The maximum atomic E-state index is 9.97. The van der Waals surface area contributed by atoms with Crippen LogP contribution < -0.4 is 4.74 Å². The SMILES string of the molecule is COc1ccc(C(O)Cc2cccnc2)nn1. The minimum Gasteiger partial charge on any atom is -0.480 e. The molecule has 17 heavy (non-hydrogen) atoms.